The third-order valence-corrected chi connectivity index (χ3v) is 4.45. The Hall–Kier alpha value is -2.47. The molecule has 1 aliphatic rings. The average Bonchev–Trinajstić information content (AvgIpc) is 2.62. The number of aliphatic hydroxyl groups excluding tert-OH is 1. The van der Waals surface area contributed by atoms with Crippen molar-refractivity contribution in [2.75, 3.05) is 24.6 Å². The van der Waals surface area contributed by atoms with Crippen LogP contribution in [-0.4, -0.2) is 45.8 Å². The van der Waals surface area contributed by atoms with Crippen LogP contribution in [0.2, 0.25) is 0 Å². The van der Waals surface area contributed by atoms with Gasteiger partial charge in [0.2, 0.25) is 0 Å². The number of aromatic nitrogens is 2. The van der Waals surface area contributed by atoms with Gasteiger partial charge in [0.05, 0.1) is 19.0 Å². The van der Waals surface area contributed by atoms with Gasteiger partial charge in [-0.3, -0.25) is 0 Å². The molecule has 1 saturated heterocycles. The van der Waals surface area contributed by atoms with Crippen LogP contribution in [0.4, 0.5) is 5.82 Å². The fourth-order valence-corrected chi connectivity index (χ4v) is 3.17. The lowest BCUT2D eigenvalue weighted by atomic mass is 9.75. The molecule has 0 spiro atoms. The van der Waals surface area contributed by atoms with Crippen molar-refractivity contribution in [3.05, 3.63) is 54.0 Å². The zero-order chi connectivity index (χ0) is 16.3. The minimum atomic E-state index is -1.09. The number of carboxylic acids is 1. The van der Waals surface area contributed by atoms with E-state index in [2.05, 4.69) is 14.9 Å². The second-order valence-corrected chi connectivity index (χ2v) is 5.89. The summed E-state index contributed by atoms with van der Waals surface area (Å²) in [7, 11) is 0. The zero-order valence-corrected chi connectivity index (χ0v) is 12.7. The van der Waals surface area contributed by atoms with Crippen molar-refractivity contribution in [1.82, 2.24) is 9.97 Å². The average molecular weight is 313 g/mol. The SMILES string of the molecule is O=C(O)c1cnc(N2CCCC(CO)(c3ccccc3)C2)cn1. The quantitative estimate of drug-likeness (QED) is 0.893. The lowest BCUT2D eigenvalue weighted by Crippen LogP contribution is -2.48. The monoisotopic (exact) mass is 313 g/mol. The summed E-state index contributed by atoms with van der Waals surface area (Å²) in [4.78, 5) is 21.1. The molecule has 1 aromatic carbocycles. The van der Waals surface area contributed by atoms with Crippen molar-refractivity contribution in [3.63, 3.8) is 0 Å². The summed E-state index contributed by atoms with van der Waals surface area (Å²) in [5.74, 6) is -0.444. The summed E-state index contributed by atoms with van der Waals surface area (Å²) in [6.07, 6.45) is 4.60. The fraction of sp³-hybridized carbons (Fsp3) is 0.353. The molecule has 3 rings (SSSR count). The topological polar surface area (TPSA) is 86.5 Å². The molecule has 120 valence electrons. The van der Waals surface area contributed by atoms with Crippen LogP contribution in [0, 0.1) is 0 Å². The summed E-state index contributed by atoms with van der Waals surface area (Å²) in [5.41, 5.74) is 0.719. The van der Waals surface area contributed by atoms with Gasteiger partial charge in [-0.1, -0.05) is 30.3 Å². The van der Waals surface area contributed by atoms with E-state index in [0.29, 0.717) is 12.4 Å². The lowest BCUT2D eigenvalue weighted by molar-refractivity contribution is 0.0690. The summed E-state index contributed by atoms with van der Waals surface area (Å²) >= 11 is 0. The lowest BCUT2D eigenvalue weighted by Gasteiger charge is -2.42. The molecule has 1 atom stereocenters. The largest absolute Gasteiger partial charge is 0.476 e. The molecule has 2 aromatic rings. The van der Waals surface area contributed by atoms with Gasteiger partial charge in [0.1, 0.15) is 5.82 Å². The minimum absolute atomic E-state index is 0.0636. The Balaban J connectivity index is 1.86. The fourth-order valence-electron chi connectivity index (χ4n) is 3.17. The number of aliphatic hydroxyl groups is 1. The van der Waals surface area contributed by atoms with Crippen LogP contribution >= 0.6 is 0 Å². The van der Waals surface area contributed by atoms with Gasteiger partial charge >= 0.3 is 5.97 Å². The number of aromatic carboxylic acids is 1. The summed E-state index contributed by atoms with van der Waals surface area (Å²) in [5, 5.41) is 18.9. The number of carboxylic acid groups (broad SMARTS) is 1. The molecule has 23 heavy (non-hydrogen) atoms. The van der Waals surface area contributed by atoms with E-state index in [1.54, 1.807) is 0 Å². The van der Waals surface area contributed by atoms with Gasteiger partial charge in [0, 0.05) is 18.5 Å². The standard InChI is InChI=1S/C17H19N3O3/c21-12-17(13-5-2-1-3-6-13)7-4-8-20(11-17)15-10-18-14(9-19-15)16(22)23/h1-3,5-6,9-10,21H,4,7-8,11-12H2,(H,22,23). The Kier molecular flexibility index (Phi) is 4.25. The molecule has 2 N–H and O–H groups in total. The van der Waals surface area contributed by atoms with E-state index in [1.165, 1.54) is 12.4 Å². The van der Waals surface area contributed by atoms with Gasteiger partial charge in [-0.25, -0.2) is 14.8 Å². The molecular weight excluding hydrogens is 294 g/mol. The summed E-state index contributed by atoms with van der Waals surface area (Å²) < 4.78 is 0. The van der Waals surface area contributed by atoms with Crippen LogP contribution in [-0.2, 0) is 5.41 Å². The number of benzene rings is 1. The van der Waals surface area contributed by atoms with Gasteiger partial charge in [-0.15, -0.1) is 0 Å². The van der Waals surface area contributed by atoms with Crippen LogP contribution in [0.5, 0.6) is 0 Å². The van der Waals surface area contributed by atoms with Crippen molar-refractivity contribution in [3.8, 4) is 0 Å². The molecule has 1 fully saturated rings. The minimum Gasteiger partial charge on any atom is -0.476 e. The molecule has 1 aliphatic heterocycles. The van der Waals surface area contributed by atoms with Gasteiger partial charge in [0.15, 0.2) is 5.69 Å². The third-order valence-electron chi connectivity index (χ3n) is 4.45. The van der Waals surface area contributed by atoms with Crippen LogP contribution in [0.15, 0.2) is 42.7 Å². The molecule has 0 saturated carbocycles. The van der Waals surface area contributed by atoms with Crippen molar-refractivity contribution in [1.29, 1.82) is 0 Å². The normalized spacial score (nSPS) is 21.2. The van der Waals surface area contributed by atoms with Crippen molar-refractivity contribution in [2.45, 2.75) is 18.3 Å². The van der Waals surface area contributed by atoms with Crippen LogP contribution in [0.1, 0.15) is 28.9 Å². The highest BCUT2D eigenvalue weighted by Gasteiger charge is 2.37. The van der Waals surface area contributed by atoms with E-state index in [9.17, 15) is 9.90 Å². The molecule has 0 aliphatic carbocycles. The van der Waals surface area contributed by atoms with Gasteiger partial charge in [-0.2, -0.15) is 0 Å². The summed E-state index contributed by atoms with van der Waals surface area (Å²) in [6.45, 7) is 1.51. The highest BCUT2D eigenvalue weighted by Crippen LogP contribution is 2.35. The van der Waals surface area contributed by atoms with Crippen LogP contribution in [0.25, 0.3) is 0 Å². The van der Waals surface area contributed by atoms with Crippen LogP contribution in [0.3, 0.4) is 0 Å². The van der Waals surface area contributed by atoms with Crippen molar-refractivity contribution < 1.29 is 15.0 Å². The Labute approximate surface area is 134 Å². The maximum absolute atomic E-state index is 10.9. The number of hydrogen-bond donors (Lipinski definition) is 2. The van der Waals surface area contributed by atoms with E-state index in [0.717, 1.165) is 24.9 Å². The highest BCUT2D eigenvalue weighted by molar-refractivity contribution is 5.84. The van der Waals surface area contributed by atoms with E-state index in [1.807, 2.05) is 30.3 Å². The molecule has 1 aromatic heterocycles. The highest BCUT2D eigenvalue weighted by atomic mass is 16.4. The molecule has 1 unspecified atom stereocenters. The van der Waals surface area contributed by atoms with Crippen molar-refractivity contribution >= 4 is 11.8 Å². The second kappa shape index (κ2) is 6.34. The first-order valence-corrected chi connectivity index (χ1v) is 7.61. The molecule has 0 amide bonds. The molecule has 6 heteroatoms. The maximum Gasteiger partial charge on any atom is 0.356 e. The molecule has 6 nitrogen and oxygen atoms in total. The zero-order valence-electron chi connectivity index (χ0n) is 12.7. The number of piperidine rings is 1. The van der Waals surface area contributed by atoms with Gasteiger partial charge in [-0.05, 0) is 18.4 Å². The smallest absolute Gasteiger partial charge is 0.356 e. The molecule has 0 radical (unpaired) electrons. The molecular formula is C17H19N3O3. The Morgan fingerprint density at radius 2 is 2.00 bits per heavy atom. The van der Waals surface area contributed by atoms with E-state index < -0.39 is 5.97 Å². The van der Waals surface area contributed by atoms with E-state index in [4.69, 9.17) is 5.11 Å². The van der Waals surface area contributed by atoms with Gasteiger partial charge in [0.25, 0.3) is 0 Å². The predicted molar refractivity (Wildman–Crippen MR) is 85.6 cm³/mol. The first-order valence-electron chi connectivity index (χ1n) is 7.61. The Morgan fingerprint density at radius 1 is 1.22 bits per heavy atom. The molecule has 0 bridgehead atoms. The number of anilines is 1. The van der Waals surface area contributed by atoms with Gasteiger partial charge < -0.3 is 15.1 Å². The first kappa shape index (κ1) is 15.4. The third kappa shape index (κ3) is 3.03. The summed E-state index contributed by atoms with van der Waals surface area (Å²) in [6, 6.07) is 10.0. The number of hydrogen-bond acceptors (Lipinski definition) is 5. The van der Waals surface area contributed by atoms with E-state index in [-0.39, 0.29) is 17.7 Å². The maximum atomic E-state index is 10.9. The second-order valence-electron chi connectivity index (χ2n) is 5.89. The molecule has 2 heterocycles. The number of carbonyl (C=O) groups is 1. The predicted octanol–water partition coefficient (Wildman–Crippen LogP) is 1.71. The Morgan fingerprint density at radius 3 is 2.61 bits per heavy atom. The first-order chi connectivity index (χ1) is 11.1. The van der Waals surface area contributed by atoms with Crippen LogP contribution < -0.4 is 4.90 Å². The Bertz CT molecular complexity index is 675. The number of nitrogens with zero attached hydrogens (tertiary/aromatic N) is 3. The van der Waals surface area contributed by atoms with Crippen molar-refractivity contribution in [2.24, 2.45) is 0 Å². The number of rotatable bonds is 4. The van der Waals surface area contributed by atoms with E-state index >= 15 is 0 Å².